The van der Waals surface area contributed by atoms with Crippen molar-refractivity contribution in [3.8, 4) is 11.3 Å². The molecular weight excluding hydrogens is 316 g/mol. The minimum absolute atomic E-state index is 0.0456. The van der Waals surface area contributed by atoms with Crippen molar-refractivity contribution in [1.82, 2.24) is 15.1 Å². The third kappa shape index (κ3) is 5.00. The molecule has 0 aliphatic carbocycles. The second-order valence-electron chi connectivity index (χ2n) is 6.49. The van der Waals surface area contributed by atoms with Gasteiger partial charge in [0.05, 0.1) is 25.3 Å². The first kappa shape index (κ1) is 17.4. The first-order valence-corrected chi connectivity index (χ1v) is 8.96. The van der Waals surface area contributed by atoms with Gasteiger partial charge in [-0.05, 0) is 6.07 Å². The van der Waals surface area contributed by atoms with Crippen molar-refractivity contribution in [2.75, 3.05) is 26.2 Å². The molecule has 1 aliphatic heterocycles. The van der Waals surface area contributed by atoms with Crippen LogP contribution in [0.1, 0.15) is 19.3 Å². The lowest BCUT2D eigenvalue weighted by Gasteiger charge is -2.12. The van der Waals surface area contributed by atoms with Crippen LogP contribution in [-0.4, -0.2) is 41.9 Å². The van der Waals surface area contributed by atoms with Gasteiger partial charge in [-0.15, -0.1) is 0 Å². The maximum absolute atomic E-state index is 12.1. The molecule has 1 fully saturated rings. The Bertz CT molecular complexity index is 752. The van der Waals surface area contributed by atoms with E-state index in [0.29, 0.717) is 12.2 Å². The summed E-state index contributed by atoms with van der Waals surface area (Å²) in [6.07, 6.45) is 3.59. The zero-order chi connectivity index (χ0) is 17.5. The molecular formula is C19H25N4O2+. The van der Waals surface area contributed by atoms with E-state index in [9.17, 15) is 9.59 Å². The number of likely N-dealkylation sites (tertiary alicyclic amines) is 1. The second kappa shape index (κ2) is 8.58. The predicted octanol–water partition coefficient (Wildman–Crippen LogP) is 0.0953. The van der Waals surface area contributed by atoms with Crippen LogP contribution in [0.15, 0.2) is 47.3 Å². The number of benzene rings is 1. The Kier molecular flexibility index (Phi) is 5.95. The first-order chi connectivity index (χ1) is 12.2. The van der Waals surface area contributed by atoms with Crippen LogP contribution >= 0.6 is 0 Å². The molecule has 25 heavy (non-hydrogen) atoms. The molecule has 1 aliphatic rings. The Hall–Kier alpha value is -2.47. The van der Waals surface area contributed by atoms with Crippen molar-refractivity contribution < 1.29 is 9.69 Å². The number of nitrogens with one attached hydrogen (secondary N) is 2. The quantitative estimate of drug-likeness (QED) is 0.702. The molecule has 1 saturated heterocycles. The summed E-state index contributed by atoms with van der Waals surface area (Å²) in [5.74, 6) is -0.170. The average Bonchev–Trinajstić information content (AvgIpc) is 3.15. The summed E-state index contributed by atoms with van der Waals surface area (Å²) in [7, 11) is 0. The molecule has 6 heteroatoms. The van der Waals surface area contributed by atoms with E-state index >= 15 is 0 Å². The highest BCUT2D eigenvalue weighted by molar-refractivity contribution is 5.75. The number of quaternary nitrogens is 1. The van der Waals surface area contributed by atoms with Crippen LogP contribution < -0.4 is 15.8 Å². The minimum atomic E-state index is -0.267. The fourth-order valence-electron chi connectivity index (χ4n) is 3.21. The molecule has 2 heterocycles. The molecule has 0 atom stereocenters. The van der Waals surface area contributed by atoms with Gasteiger partial charge in [-0.25, -0.2) is 4.68 Å². The van der Waals surface area contributed by atoms with E-state index in [1.807, 2.05) is 30.3 Å². The molecule has 6 nitrogen and oxygen atoms in total. The topological polar surface area (TPSA) is 68.4 Å². The lowest BCUT2D eigenvalue weighted by molar-refractivity contribution is -0.887. The van der Waals surface area contributed by atoms with E-state index in [1.165, 1.54) is 36.7 Å². The molecule has 1 aromatic heterocycles. The van der Waals surface area contributed by atoms with E-state index in [4.69, 9.17) is 0 Å². The van der Waals surface area contributed by atoms with E-state index in [2.05, 4.69) is 10.4 Å². The average molecular weight is 341 g/mol. The normalized spacial score (nSPS) is 14.6. The highest BCUT2D eigenvalue weighted by atomic mass is 16.2. The number of amides is 1. The van der Waals surface area contributed by atoms with Gasteiger partial charge in [0.1, 0.15) is 6.54 Å². The lowest BCUT2D eigenvalue weighted by atomic mass is 10.1. The molecule has 0 radical (unpaired) electrons. The molecule has 0 spiro atoms. The van der Waals surface area contributed by atoms with Crippen molar-refractivity contribution in [3.05, 3.63) is 52.8 Å². The molecule has 2 N–H and O–H groups in total. The Balaban J connectivity index is 1.52. The summed E-state index contributed by atoms with van der Waals surface area (Å²) >= 11 is 0. The monoisotopic (exact) mass is 341 g/mol. The summed E-state index contributed by atoms with van der Waals surface area (Å²) in [6.45, 7) is 4.20. The van der Waals surface area contributed by atoms with Crippen molar-refractivity contribution in [1.29, 1.82) is 0 Å². The molecule has 132 valence electrons. The van der Waals surface area contributed by atoms with Gasteiger partial charge in [0, 0.05) is 37.4 Å². The third-order valence-corrected chi connectivity index (χ3v) is 4.57. The van der Waals surface area contributed by atoms with Crippen LogP contribution in [0.25, 0.3) is 11.3 Å². The summed E-state index contributed by atoms with van der Waals surface area (Å²) in [6, 6.07) is 12.8. The van der Waals surface area contributed by atoms with Crippen LogP contribution in [0.4, 0.5) is 0 Å². The number of nitrogens with zero attached hydrogens (tertiary/aromatic N) is 2. The van der Waals surface area contributed by atoms with E-state index in [1.54, 1.807) is 11.0 Å². The number of carbonyl (C=O) groups is 1. The standard InChI is InChI=1S/C19H24N4O2/c24-18(20-11-6-14-22-12-4-5-13-22)15-23-19(25)10-9-17(21-23)16-7-2-1-3-8-16/h1-3,7-10H,4-6,11-15H2,(H,20,24)/p+1. The second-order valence-corrected chi connectivity index (χ2v) is 6.49. The van der Waals surface area contributed by atoms with Crippen molar-refractivity contribution >= 4 is 5.91 Å². The predicted molar refractivity (Wildman–Crippen MR) is 96.4 cm³/mol. The Morgan fingerprint density at radius 2 is 1.88 bits per heavy atom. The highest BCUT2D eigenvalue weighted by Crippen LogP contribution is 2.13. The fourth-order valence-corrected chi connectivity index (χ4v) is 3.21. The zero-order valence-corrected chi connectivity index (χ0v) is 14.4. The Morgan fingerprint density at radius 3 is 2.64 bits per heavy atom. The van der Waals surface area contributed by atoms with Crippen LogP contribution in [0.3, 0.4) is 0 Å². The number of rotatable bonds is 7. The van der Waals surface area contributed by atoms with Crippen LogP contribution in [0.2, 0.25) is 0 Å². The summed E-state index contributed by atoms with van der Waals surface area (Å²) in [4.78, 5) is 25.7. The van der Waals surface area contributed by atoms with Crippen LogP contribution in [0.5, 0.6) is 0 Å². The van der Waals surface area contributed by atoms with Gasteiger partial charge in [-0.2, -0.15) is 5.10 Å². The number of carbonyl (C=O) groups excluding carboxylic acids is 1. The maximum Gasteiger partial charge on any atom is 0.267 e. The van der Waals surface area contributed by atoms with Gasteiger partial charge in [0.25, 0.3) is 5.56 Å². The highest BCUT2D eigenvalue weighted by Gasteiger charge is 2.14. The van der Waals surface area contributed by atoms with Crippen LogP contribution in [0, 0.1) is 0 Å². The number of hydrogen-bond donors (Lipinski definition) is 2. The van der Waals surface area contributed by atoms with Gasteiger partial charge in [0.15, 0.2) is 0 Å². The van der Waals surface area contributed by atoms with Crippen molar-refractivity contribution in [2.45, 2.75) is 25.8 Å². The number of hydrogen-bond acceptors (Lipinski definition) is 3. The lowest BCUT2D eigenvalue weighted by Crippen LogP contribution is -3.10. The van der Waals surface area contributed by atoms with Crippen molar-refractivity contribution in [3.63, 3.8) is 0 Å². The summed E-state index contributed by atoms with van der Waals surface area (Å²) < 4.78 is 1.23. The molecule has 0 saturated carbocycles. The molecule has 0 bridgehead atoms. The van der Waals surface area contributed by atoms with Crippen LogP contribution in [-0.2, 0) is 11.3 Å². The van der Waals surface area contributed by atoms with E-state index < -0.39 is 0 Å². The fraction of sp³-hybridized carbons (Fsp3) is 0.421. The molecule has 0 unspecified atom stereocenters. The van der Waals surface area contributed by atoms with E-state index in [0.717, 1.165) is 18.5 Å². The summed E-state index contributed by atoms with van der Waals surface area (Å²) in [5, 5.41) is 7.20. The zero-order valence-electron chi connectivity index (χ0n) is 14.4. The van der Waals surface area contributed by atoms with E-state index in [-0.39, 0.29) is 18.0 Å². The molecule has 1 amide bonds. The molecule has 3 rings (SSSR count). The number of aromatic nitrogens is 2. The third-order valence-electron chi connectivity index (χ3n) is 4.57. The molecule has 1 aromatic carbocycles. The maximum atomic E-state index is 12.1. The first-order valence-electron chi connectivity index (χ1n) is 8.96. The van der Waals surface area contributed by atoms with Gasteiger partial charge < -0.3 is 10.2 Å². The smallest absolute Gasteiger partial charge is 0.267 e. The van der Waals surface area contributed by atoms with Gasteiger partial charge in [-0.3, -0.25) is 9.59 Å². The Morgan fingerprint density at radius 1 is 1.12 bits per heavy atom. The largest absolute Gasteiger partial charge is 0.354 e. The van der Waals surface area contributed by atoms with Gasteiger partial charge in [-0.1, -0.05) is 30.3 Å². The van der Waals surface area contributed by atoms with Gasteiger partial charge >= 0.3 is 0 Å². The minimum Gasteiger partial charge on any atom is -0.354 e. The summed E-state index contributed by atoms with van der Waals surface area (Å²) in [5.41, 5.74) is 1.34. The van der Waals surface area contributed by atoms with Gasteiger partial charge in [0.2, 0.25) is 5.91 Å². The molecule has 2 aromatic rings. The SMILES string of the molecule is O=C(Cn1nc(-c2ccccc2)ccc1=O)NCCC[NH+]1CCCC1. The Labute approximate surface area is 147 Å². The van der Waals surface area contributed by atoms with Crippen molar-refractivity contribution in [2.24, 2.45) is 0 Å².